The van der Waals surface area contributed by atoms with Crippen LogP contribution in [0.2, 0.25) is 0 Å². The van der Waals surface area contributed by atoms with Gasteiger partial charge in [-0.15, -0.1) is 0 Å². The molecule has 0 heterocycles. The Morgan fingerprint density at radius 3 is 2.22 bits per heavy atom. The van der Waals surface area contributed by atoms with Crippen LogP contribution in [-0.2, 0) is 32.6 Å². The molecule has 3 aromatic rings. The van der Waals surface area contributed by atoms with E-state index in [4.69, 9.17) is 4.74 Å². The average molecular weight is 638 g/mol. The maximum atomic E-state index is 14.0. The lowest BCUT2D eigenvalue weighted by atomic mass is 9.94. The molecule has 45 heavy (non-hydrogen) atoms. The first kappa shape index (κ1) is 34.0. The highest BCUT2D eigenvalue weighted by molar-refractivity contribution is 7.92. The van der Waals surface area contributed by atoms with Crippen LogP contribution in [0.1, 0.15) is 63.0 Å². The van der Waals surface area contributed by atoms with Crippen molar-refractivity contribution in [1.29, 1.82) is 0 Å². The number of hydrogen-bond acceptors (Lipinski definition) is 5. The summed E-state index contributed by atoms with van der Waals surface area (Å²) in [5, 5.41) is 3.21. The van der Waals surface area contributed by atoms with Gasteiger partial charge >= 0.3 is 0 Å². The van der Waals surface area contributed by atoms with E-state index in [0.29, 0.717) is 30.0 Å². The van der Waals surface area contributed by atoms with Crippen molar-refractivity contribution in [2.24, 2.45) is 0 Å². The second kappa shape index (κ2) is 16.4. The number of anilines is 1. The number of hydrogen-bond donors (Lipinski definition) is 1. The maximum Gasteiger partial charge on any atom is 0.243 e. The lowest BCUT2D eigenvalue weighted by Gasteiger charge is -2.34. The molecule has 0 radical (unpaired) electrons. The summed E-state index contributed by atoms with van der Waals surface area (Å²) in [5.74, 6) is -0.243. The van der Waals surface area contributed by atoms with Gasteiger partial charge in [0.25, 0.3) is 0 Å². The predicted molar refractivity (Wildman–Crippen MR) is 175 cm³/mol. The first-order valence-electron chi connectivity index (χ1n) is 15.7. The summed E-state index contributed by atoms with van der Waals surface area (Å²) in [5.41, 5.74) is 2.09. The summed E-state index contributed by atoms with van der Waals surface area (Å²) in [7, 11) is -3.63. The van der Waals surface area contributed by atoms with Gasteiger partial charge in [-0.1, -0.05) is 61.7 Å². The topological polar surface area (TPSA) is 96.0 Å². The maximum absolute atomic E-state index is 14.0. The Bertz CT molecular complexity index is 1480. The molecular weight excluding hydrogens is 593 g/mol. The molecule has 8 nitrogen and oxygen atoms in total. The molecule has 1 unspecified atom stereocenters. The van der Waals surface area contributed by atoms with Crippen LogP contribution in [0.3, 0.4) is 0 Å². The molecule has 0 saturated heterocycles. The minimum absolute atomic E-state index is 0.0201. The number of nitrogens with one attached hydrogen (secondary N) is 1. The smallest absolute Gasteiger partial charge is 0.243 e. The quantitative estimate of drug-likeness (QED) is 0.225. The molecule has 1 aliphatic carbocycles. The molecule has 1 aliphatic rings. The van der Waals surface area contributed by atoms with E-state index in [1.807, 2.05) is 37.3 Å². The number of rotatable bonds is 15. The van der Waals surface area contributed by atoms with Gasteiger partial charge in [0, 0.05) is 32.0 Å². The highest BCUT2D eigenvalue weighted by Gasteiger charge is 2.32. The zero-order valence-corrected chi connectivity index (χ0v) is 27.0. The van der Waals surface area contributed by atoms with E-state index < -0.39 is 16.1 Å². The van der Waals surface area contributed by atoms with Gasteiger partial charge in [0.2, 0.25) is 21.8 Å². The second-order valence-electron chi connectivity index (χ2n) is 11.6. The van der Waals surface area contributed by atoms with E-state index in [1.54, 1.807) is 41.3 Å². The van der Waals surface area contributed by atoms with Crippen LogP contribution < -0.4 is 14.4 Å². The van der Waals surface area contributed by atoms with Crippen molar-refractivity contribution in [3.05, 3.63) is 95.8 Å². The molecule has 10 heteroatoms. The molecule has 1 fully saturated rings. The number of ether oxygens (including phenoxy) is 1. The molecule has 0 bridgehead atoms. The van der Waals surface area contributed by atoms with Gasteiger partial charge in [-0.05, 0) is 73.7 Å². The highest BCUT2D eigenvalue weighted by Crippen LogP contribution is 2.24. The molecule has 0 aromatic heterocycles. The molecule has 2 amide bonds. The molecule has 4 rings (SSSR count). The summed E-state index contributed by atoms with van der Waals surface area (Å²) < 4.78 is 46.0. The summed E-state index contributed by atoms with van der Waals surface area (Å²) in [4.78, 5) is 29.5. The van der Waals surface area contributed by atoms with E-state index in [0.717, 1.165) is 43.9 Å². The minimum Gasteiger partial charge on any atom is -0.494 e. The average Bonchev–Trinajstić information content (AvgIpc) is 3.03. The van der Waals surface area contributed by atoms with Gasteiger partial charge in [-0.2, -0.15) is 0 Å². The first-order valence-corrected chi connectivity index (χ1v) is 17.6. The summed E-state index contributed by atoms with van der Waals surface area (Å²) in [6.45, 7) is 2.57. The van der Waals surface area contributed by atoms with Crippen molar-refractivity contribution in [3.63, 3.8) is 0 Å². The van der Waals surface area contributed by atoms with Gasteiger partial charge < -0.3 is 15.0 Å². The molecule has 0 spiro atoms. The van der Waals surface area contributed by atoms with E-state index in [9.17, 15) is 22.4 Å². The molecule has 0 aliphatic heterocycles. The van der Waals surface area contributed by atoms with E-state index in [2.05, 4.69) is 5.32 Å². The summed E-state index contributed by atoms with van der Waals surface area (Å²) in [6.07, 6.45) is 6.77. The molecule has 3 aromatic carbocycles. The Morgan fingerprint density at radius 1 is 0.933 bits per heavy atom. The number of nitrogens with zero attached hydrogens (tertiary/aromatic N) is 2. The number of carbonyl (C=O) groups is 2. The van der Waals surface area contributed by atoms with Crippen LogP contribution in [-0.4, -0.2) is 56.6 Å². The fourth-order valence-electron chi connectivity index (χ4n) is 5.76. The van der Waals surface area contributed by atoms with Crippen LogP contribution in [0, 0.1) is 5.82 Å². The number of carbonyl (C=O) groups excluding carboxylic acids is 2. The van der Waals surface area contributed by atoms with E-state index in [1.165, 1.54) is 16.4 Å². The summed E-state index contributed by atoms with van der Waals surface area (Å²) >= 11 is 0. The highest BCUT2D eigenvalue weighted by atomic mass is 32.2. The van der Waals surface area contributed by atoms with Crippen molar-refractivity contribution in [2.45, 2.75) is 76.9 Å². The Hall–Kier alpha value is -3.92. The van der Waals surface area contributed by atoms with Crippen molar-refractivity contribution in [1.82, 2.24) is 10.2 Å². The van der Waals surface area contributed by atoms with Gasteiger partial charge in [0.15, 0.2) is 0 Å². The fraction of sp³-hybridized carbons (Fsp3) is 0.429. The van der Waals surface area contributed by atoms with E-state index in [-0.39, 0.29) is 49.6 Å². The minimum atomic E-state index is -3.63. The fourth-order valence-corrected chi connectivity index (χ4v) is 6.73. The zero-order valence-electron chi connectivity index (χ0n) is 26.2. The molecular formula is C35H44FN3O5S. The van der Waals surface area contributed by atoms with Gasteiger partial charge in [0.1, 0.15) is 17.6 Å². The Labute approximate surface area is 266 Å². The molecule has 1 atom stereocenters. The van der Waals surface area contributed by atoms with Crippen molar-refractivity contribution < 1.29 is 27.1 Å². The van der Waals surface area contributed by atoms with Crippen LogP contribution in [0.15, 0.2) is 78.9 Å². The lowest BCUT2D eigenvalue weighted by molar-refractivity contribution is -0.141. The standard InChI is InChI=1S/C35H44FN3O5S/c1-3-44-32-22-20-31(21-23-32)39(45(2,42)43)24-10-15-34(40)38(26-28-16-18-29(36)19-17-28)33(25-27-11-6-4-7-12-27)35(41)37-30-13-8-5-9-14-30/h4,6-7,11-12,16-23,30,33H,3,5,8-10,13-15,24-26H2,1-2H3,(H,37,41). The zero-order chi connectivity index (χ0) is 32.2. The number of benzene rings is 3. The van der Waals surface area contributed by atoms with Gasteiger partial charge in [0.05, 0.1) is 18.6 Å². The normalized spacial score (nSPS) is 14.4. The summed E-state index contributed by atoms with van der Waals surface area (Å²) in [6, 6.07) is 21.5. The number of sulfonamides is 1. The van der Waals surface area contributed by atoms with Crippen LogP contribution in [0.5, 0.6) is 5.75 Å². The number of amides is 2. The van der Waals surface area contributed by atoms with Crippen molar-refractivity contribution in [2.75, 3.05) is 23.7 Å². The van der Waals surface area contributed by atoms with Crippen LogP contribution in [0.25, 0.3) is 0 Å². The van der Waals surface area contributed by atoms with Crippen LogP contribution in [0.4, 0.5) is 10.1 Å². The van der Waals surface area contributed by atoms with Gasteiger partial charge in [-0.25, -0.2) is 12.8 Å². The van der Waals surface area contributed by atoms with Crippen molar-refractivity contribution in [3.8, 4) is 5.75 Å². The largest absolute Gasteiger partial charge is 0.494 e. The van der Waals surface area contributed by atoms with E-state index >= 15 is 0 Å². The lowest BCUT2D eigenvalue weighted by Crippen LogP contribution is -2.52. The monoisotopic (exact) mass is 637 g/mol. The molecule has 1 N–H and O–H groups in total. The first-order chi connectivity index (χ1) is 21.6. The third-order valence-corrected chi connectivity index (χ3v) is 9.27. The Balaban J connectivity index is 1.56. The Morgan fingerprint density at radius 2 is 1.60 bits per heavy atom. The SMILES string of the molecule is CCOc1ccc(N(CCCC(=O)N(Cc2ccc(F)cc2)C(Cc2ccccc2)C(=O)NC2CCCCC2)S(C)(=O)=O)cc1. The second-order valence-corrected chi connectivity index (χ2v) is 13.5. The third-order valence-electron chi connectivity index (χ3n) is 8.08. The van der Waals surface area contributed by atoms with Crippen LogP contribution >= 0.6 is 0 Å². The van der Waals surface area contributed by atoms with Gasteiger partial charge in [-0.3, -0.25) is 13.9 Å². The molecule has 242 valence electrons. The predicted octanol–water partition coefficient (Wildman–Crippen LogP) is 5.86. The van der Waals surface area contributed by atoms with Crippen molar-refractivity contribution >= 4 is 27.5 Å². The molecule has 1 saturated carbocycles. The Kier molecular flexibility index (Phi) is 12.4. The number of halogens is 1. The third kappa shape index (κ3) is 10.3.